The lowest BCUT2D eigenvalue weighted by Crippen LogP contribution is -2.48. The molecular weight excluding hydrogens is 348 g/mol. The second-order valence-corrected chi connectivity index (χ2v) is 7.00. The summed E-state index contributed by atoms with van der Waals surface area (Å²) in [5.41, 5.74) is 7.33. The van der Waals surface area contributed by atoms with Crippen molar-refractivity contribution in [1.82, 2.24) is 0 Å². The lowest BCUT2D eigenvalue weighted by molar-refractivity contribution is -0.140. The van der Waals surface area contributed by atoms with Crippen molar-refractivity contribution in [2.24, 2.45) is 5.73 Å². The van der Waals surface area contributed by atoms with Gasteiger partial charge in [-0.2, -0.15) is 11.8 Å². The van der Waals surface area contributed by atoms with Crippen LogP contribution in [0, 0.1) is 0 Å². The molecular formula is C17H25ClN2O3S. The Kier molecular flexibility index (Phi) is 8.59. The molecule has 0 aromatic heterocycles. The summed E-state index contributed by atoms with van der Waals surface area (Å²) in [4.78, 5) is 23.4. The van der Waals surface area contributed by atoms with E-state index in [2.05, 4.69) is 10.1 Å². The van der Waals surface area contributed by atoms with Crippen LogP contribution in [0.15, 0.2) is 24.3 Å². The first kappa shape index (κ1) is 20.8. The highest BCUT2D eigenvalue weighted by atomic mass is 35.5. The van der Waals surface area contributed by atoms with Crippen molar-refractivity contribution in [1.29, 1.82) is 0 Å². The third-order valence-corrected chi connectivity index (χ3v) is 5.11. The van der Waals surface area contributed by atoms with Crippen LogP contribution in [-0.4, -0.2) is 30.3 Å². The first-order valence-corrected chi connectivity index (χ1v) is 9.03. The molecule has 1 aliphatic rings. The van der Waals surface area contributed by atoms with Crippen LogP contribution in [0.1, 0.15) is 37.7 Å². The number of hydrogen-bond donors (Lipinski definition) is 2. The number of methoxy groups -OCH3 is 1. The van der Waals surface area contributed by atoms with Gasteiger partial charge in [0.25, 0.3) is 0 Å². The van der Waals surface area contributed by atoms with Crippen molar-refractivity contribution in [3.05, 3.63) is 29.8 Å². The molecule has 0 bridgehead atoms. The zero-order chi connectivity index (χ0) is 16.7. The van der Waals surface area contributed by atoms with E-state index in [0.717, 1.165) is 48.4 Å². The molecule has 0 saturated heterocycles. The SMILES string of the molecule is COC(=O)CCSCc1cccc(NC(=O)C2(N)CCCC2)c1.Cl. The smallest absolute Gasteiger partial charge is 0.306 e. The molecule has 1 amide bonds. The van der Waals surface area contributed by atoms with Crippen molar-refractivity contribution < 1.29 is 14.3 Å². The number of nitrogens with two attached hydrogens (primary N) is 1. The number of rotatable bonds is 7. The third-order valence-electron chi connectivity index (χ3n) is 4.08. The monoisotopic (exact) mass is 372 g/mol. The van der Waals surface area contributed by atoms with E-state index in [1.807, 2.05) is 24.3 Å². The van der Waals surface area contributed by atoms with E-state index in [1.54, 1.807) is 11.8 Å². The fourth-order valence-electron chi connectivity index (χ4n) is 2.67. The van der Waals surface area contributed by atoms with Gasteiger partial charge in [0, 0.05) is 17.2 Å². The Labute approximate surface area is 153 Å². The average Bonchev–Trinajstić information content (AvgIpc) is 3.00. The van der Waals surface area contributed by atoms with E-state index >= 15 is 0 Å². The van der Waals surface area contributed by atoms with Gasteiger partial charge in [-0.3, -0.25) is 9.59 Å². The van der Waals surface area contributed by atoms with Gasteiger partial charge in [-0.05, 0) is 30.5 Å². The number of benzene rings is 1. The number of nitrogens with one attached hydrogen (secondary N) is 1. The number of carbonyl (C=O) groups excluding carboxylic acids is 2. The van der Waals surface area contributed by atoms with Gasteiger partial charge in [-0.25, -0.2) is 0 Å². The zero-order valence-electron chi connectivity index (χ0n) is 13.9. The molecule has 1 aromatic rings. The molecule has 24 heavy (non-hydrogen) atoms. The summed E-state index contributed by atoms with van der Waals surface area (Å²) in [6, 6.07) is 7.76. The minimum Gasteiger partial charge on any atom is -0.469 e. The fraction of sp³-hybridized carbons (Fsp3) is 0.529. The summed E-state index contributed by atoms with van der Waals surface area (Å²) in [5, 5.41) is 2.94. The van der Waals surface area contributed by atoms with Crippen LogP contribution in [0.2, 0.25) is 0 Å². The van der Waals surface area contributed by atoms with E-state index in [9.17, 15) is 9.59 Å². The molecule has 7 heteroatoms. The molecule has 1 aliphatic carbocycles. The van der Waals surface area contributed by atoms with E-state index in [4.69, 9.17) is 5.73 Å². The summed E-state index contributed by atoms with van der Waals surface area (Å²) in [5.74, 6) is 1.22. The number of esters is 1. The van der Waals surface area contributed by atoms with Crippen molar-refractivity contribution in [2.45, 2.75) is 43.4 Å². The normalized spacial score (nSPS) is 15.4. The van der Waals surface area contributed by atoms with Gasteiger partial charge in [-0.1, -0.05) is 25.0 Å². The summed E-state index contributed by atoms with van der Waals surface area (Å²) in [6.07, 6.45) is 3.94. The number of halogens is 1. The highest BCUT2D eigenvalue weighted by Gasteiger charge is 2.36. The molecule has 1 saturated carbocycles. The number of hydrogen-bond acceptors (Lipinski definition) is 5. The van der Waals surface area contributed by atoms with Gasteiger partial charge in [-0.15, -0.1) is 12.4 Å². The first-order chi connectivity index (χ1) is 11.0. The molecule has 5 nitrogen and oxygen atoms in total. The standard InChI is InChI=1S/C17H24N2O3S.ClH/c1-22-15(20)7-10-23-12-13-5-4-6-14(11-13)19-16(21)17(18)8-2-3-9-17;/h4-6,11H,2-3,7-10,12,18H2,1H3,(H,19,21);1H. The Morgan fingerprint density at radius 1 is 1.33 bits per heavy atom. The number of amides is 1. The van der Waals surface area contributed by atoms with Crippen molar-refractivity contribution >= 4 is 41.7 Å². The van der Waals surface area contributed by atoms with Crippen molar-refractivity contribution in [3.63, 3.8) is 0 Å². The zero-order valence-corrected chi connectivity index (χ0v) is 15.5. The fourth-order valence-corrected chi connectivity index (χ4v) is 3.55. The van der Waals surface area contributed by atoms with Crippen LogP contribution < -0.4 is 11.1 Å². The van der Waals surface area contributed by atoms with Crippen LogP contribution in [0.4, 0.5) is 5.69 Å². The molecule has 134 valence electrons. The Morgan fingerprint density at radius 3 is 2.71 bits per heavy atom. The van der Waals surface area contributed by atoms with Crippen LogP contribution in [0.25, 0.3) is 0 Å². The molecule has 1 fully saturated rings. The second-order valence-electron chi connectivity index (χ2n) is 5.90. The van der Waals surface area contributed by atoms with E-state index < -0.39 is 5.54 Å². The van der Waals surface area contributed by atoms with Crippen LogP contribution in [-0.2, 0) is 20.1 Å². The average molecular weight is 373 g/mol. The highest BCUT2D eigenvalue weighted by Crippen LogP contribution is 2.28. The maximum atomic E-state index is 12.3. The van der Waals surface area contributed by atoms with Crippen LogP contribution in [0.5, 0.6) is 0 Å². The molecule has 3 N–H and O–H groups in total. The topological polar surface area (TPSA) is 81.4 Å². The van der Waals surface area contributed by atoms with Gasteiger partial charge in [0.1, 0.15) is 0 Å². The predicted molar refractivity (Wildman–Crippen MR) is 101 cm³/mol. The van der Waals surface area contributed by atoms with Crippen LogP contribution in [0.3, 0.4) is 0 Å². The minimum atomic E-state index is -0.717. The molecule has 0 spiro atoms. The lowest BCUT2D eigenvalue weighted by atomic mass is 9.98. The Balaban J connectivity index is 0.00000288. The largest absolute Gasteiger partial charge is 0.469 e. The molecule has 0 atom stereocenters. The summed E-state index contributed by atoms with van der Waals surface area (Å²) >= 11 is 1.66. The van der Waals surface area contributed by atoms with Gasteiger partial charge < -0.3 is 15.8 Å². The Morgan fingerprint density at radius 2 is 2.04 bits per heavy atom. The van der Waals surface area contributed by atoms with E-state index in [0.29, 0.717) is 6.42 Å². The van der Waals surface area contributed by atoms with Gasteiger partial charge in [0.05, 0.1) is 19.1 Å². The highest BCUT2D eigenvalue weighted by molar-refractivity contribution is 7.98. The minimum absolute atomic E-state index is 0. The second kappa shape index (κ2) is 9.91. The summed E-state index contributed by atoms with van der Waals surface area (Å²) in [6.45, 7) is 0. The number of anilines is 1. The number of carbonyl (C=O) groups is 2. The Bertz CT molecular complexity index is 563. The van der Waals surface area contributed by atoms with Crippen molar-refractivity contribution in [3.8, 4) is 0 Å². The Hall–Kier alpha value is -1.24. The maximum Gasteiger partial charge on any atom is 0.306 e. The van der Waals surface area contributed by atoms with Gasteiger partial charge in [0.15, 0.2) is 0 Å². The molecule has 0 heterocycles. The maximum absolute atomic E-state index is 12.3. The van der Waals surface area contributed by atoms with Gasteiger partial charge >= 0.3 is 5.97 Å². The van der Waals surface area contributed by atoms with Gasteiger partial charge in [0.2, 0.25) is 5.91 Å². The predicted octanol–water partition coefficient (Wildman–Crippen LogP) is 3.11. The number of thioether (sulfide) groups is 1. The van der Waals surface area contributed by atoms with Crippen LogP contribution >= 0.6 is 24.2 Å². The summed E-state index contributed by atoms with van der Waals surface area (Å²) in [7, 11) is 1.40. The van der Waals surface area contributed by atoms with Crippen molar-refractivity contribution in [2.75, 3.05) is 18.2 Å². The lowest BCUT2D eigenvalue weighted by Gasteiger charge is -2.22. The number of ether oxygens (including phenoxy) is 1. The quantitative estimate of drug-likeness (QED) is 0.567. The molecule has 0 aliphatic heterocycles. The van der Waals surface area contributed by atoms with E-state index in [-0.39, 0.29) is 24.3 Å². The molecule has 2 rings (SSSR count). The van der Waals surface area contributed by atoms with E-state index in [1.165, 1.54) is 7.11 Å². The molecule has 0 radical (unpaired) electrons. The molecule has 0 unspecified atom stereocenters. The molecule has 1 aromatic carbocycles. The first-order valence-electron chi connectivity index (χ1n) is 7.87. The third kappa shape index (κ3) is 6.00. The summed E-state index contributed by atoms with van der Waals surface area (Å²) < 4.78 is 4.61.